The number of halogens is 1. The molecule has 0 saturated heterocycles. The molecule has 0 spiro atoms. The second kappa shape index (κ2) is 5.70. The van der Waals surface area contributed by atoms with Crippen LogP contribution in [0, 0.1) is 0 Å². The summed E-state index contributed by atoms with van der Waals surface area (Å²) >= 11 is 6.20. The Balaban J connectivity index is 1.79. The molecule has 0 fully saturated rings. The van der Waals surface area contributed by atoms with Crippen LogP contribution in [0.1, 0.15) is 18.9 Å². The topological polar surface area (TPSA) is 59.7 Å². The molecule has 1 aromatic heterocycles. The predicted octanol–water partition coefficient (Wildman–Crippen LogP) is 2.62. The average molecular weight is 333 g/mol. The molecule has 1 aromatic carbocycles. The summed E-state index contributed by atoms with van der Waals surface area (Å²) in [5.74, 6) is -0.184. The molecule has 23 heavy (non-hydrogen) atoms. The first-order chi connectivity index (χ1) is 10.9. The standard InChI is InChI=1S/C16H17ClN4O2/c1-16(15(22)21(3)11-9-18-20(2)10-11)8-14(19-23-16)12-6-4-5-7-13(12)17/h4-7,9-10H,8H2,1-3H3/t16-/m0/s1. The summed E-state index contributed by atoms with van der Waals surface area (Å²) in [5.41, 5.74) is 1.10. The minimum absolute atomic E-state index is 0.184. The van der Waals surface area contributed by atoms with Crippen molar-refractivity contribution in [3.05, 3.63) is 47.2 Å². The van der Waals surface area contributed by atoms with Crippen LogP contribution in [0.15, 0.2) is 41.8 Å². The van der Waals surface area contributed by atoms with E-state index < -0.39 is 5.60 Å². The van der Waals surface area contributed by atoms with Gasteiger partial charge in [-0.3, -0.25) is 9.48 Å². The first kappa shape index (κ1) is 15.6. The Hall–Kier alpha value is -2.34. The Kier molecular flexibility index (Phi) is 3.85. The summed E-state index contributed by atoms with van der Waals surface area (Å²) < 4.78 is 1.64. The van der Waals surface area contributed by atoms with Crippen molar-refractivity contribution >= 4 is 28.9 Å². The third-order valence-electron chi connectivity index (χ3n) is 3.88. The summed E-state index contributed by atoms with van der Waals surface area (Å²) in [4.78, 5) is 19.8. The summed E-state index contributed by atoms with van der Waals surface area (Å²) in [6.07, 6.45) is 3.76. The summed E-state index contributed by atoms with van der Waals surface area (Å²) in [6.45, 7) is 1.73. The van der Waals surface area contributed by atoms with Gasteiger partial charge < -0.3 is 9.74 Å². The number of carbonyl (C=O) groups is 1. The van der Waals surface area contributed by atoms with Gasteiger partial charge in [0.2, 0.25) is 5.60 Å². The number of nitrogens with zero attached hydrogens (tertiary/aromatic N) is 4. The number of benzene rings is 1. The van der Waals surface area contributed by atoms with Crippen molar-refractivity contribution < 1.29 is 9.63 Å². The smallest absolute Gasteiger partial charge is 0.273 e. The van der Waals surface area contributed by atoms with Gasteiger partial charge >= 0.3 is 0 Å². The third-order valence-corrected chi connectivity index (χ3v) is 4.21. The zero-order valence-electron chi connectivity index (χ0n) is 13.2. The number of likely N-dealkylation sites (N-methyl/N-ethyl adjacent to an activating group) is 1. The van der Waals surface area contributed by atoms with E-state index in [0.717, 1.165) is 5.56 Å². The van der Waals surface area contributed by atoms with Gasteiger partial charge in [0, 0.05) is 37.3 Å². The van der Waals surface area contributed by atoms with Crippen molar-refractivity contribution in [2.75, 3.05) is 11.9 Å². The summed E-state index contributed by atoms with van der Waals surface area (Å²) in [5, 5.41) is 8.76. The van der Waals surface area contributed by atoms with Gasteiger partial charge in [0.25, 0.3) is 5.91 Å². The molecule has 2 aromatic rings. The molecule has 7 heteroatoms. The maximum absolute atomic E-state index is 12.8. The van der Waals surface area contributed by atoms with Crippen LogP contribution in [-0.4, -0.2) is 34.0 Å². The molecule has 1 aliphatic heterocycles. The second-order valence-electron chi connectivity index (χ2n) is 5.75. The summed E-state index contributed by atoms with van der Waals surface area (Å²) in [7, 11) is 3.50. The van der Waals surface area contributed by atoms with Gasteiger partial charge in [0.1, 0.15) is 0 Å². The van der Waals surface area contributed by atoms with Crippen LogP contribution >= 0.6 is 11.6 Å². The largest absolute Gasteiger partial charge is 0.379 e. The maximum atomic E-state index is 12.8. The fourth-order valence-corrected chi connectivity index (χ4v) is 2.79. The highest BCUT2D eigenvalue weighted by Crippen LogP contribution is 2.31. The average Bonchev–Trinajstić information content (AvgIpc) is 3.13. The van der Waals surface area contributed by atoms with E-state index >= 15 is 0 Å². The number of aromatic nitrogens is 2. The first-order valence-electron chi connectivity index (χ1n) is 7.17. The van der Waals surface area contributed by atoms with Crippen molar-refractivity contribution in [2.24, 2.45) is 12.2 Å². The molecule has 1 atom stereocenters. The molecule has 0 N–H and O–H groups in total. The van der Waals surface area contributed by atoms with Gasteiger partial charge in [-0.05, 0) is 13.0 Å². The number of hydrogen-bond acceptors (Lipinski definition) is 4. The van der Waals surface area contributed by atoms with Gasteiger partial charge in [0.05, 0.1) is 17.6 Å². The fourth-order valence-electron chi connectivity index (χ4n) is 2.55. The van der Waals surface area contributed by atoms with Crippen LogP contribution in [0.25, 0.3) is 0 Å². The number of hydrogen-bond donors (Lipinski definition) is 0. The summed E-state index contributed by atoms with van der Waals surface area (Å²) in [6, 6.07) is 7.38. The fraction of sp³-hybridized carbons (Fsp3) is 0.312. The van der Waals surface area contributed by atoms with Gasteiger partial charge in [-0.25, -0.2) is 0 Å². The molecule has 0 saturated carbocycles. The SMILES string of the molecule is CN(C(=O)[C@]1(C)CC(c2ccccc2Cl)=NO1)c1cnn(C)c1. The van der Waals surface area contributed by atoms with E-state index in [1.165, 1.54) is 4.90 Å². The Morgan fingerprint density at radius 1 is 1.43 bits per heavy atom. The van der Waals surface area contributed by atoms with Gasteiger partial charge in [0.15, 0.2) is 0 Å². The molecule has 1 aliphatic rings. The minimum Gasteiger partial charge on any atom is -0.379 e. The Labute approximate surface area is 139 Å². The number of rotatable bonds is 3. The Bertz CT molecular complexity index is 786. The molecular weight excluding hydrogens is 316 g/mol. The van der Waals surface area contributed by atoms with Crippen LogP contribution in [-0.2, 0) is 16.7 Å². The number of anilines is 1. The highest BCUT2D eigenvalue weighted by Gasteiger charge is 2.44. The van der Waals surface area contributed by atoms with Crippen LogP contribution in [0.4, 0.5) is 5.69 Å². The quantitative estimate of drug-likeness (QED) is 0.868. The number of amides is 1. The zero-order valence-corrected chi connectivity index (χ0v) is 13.9. The van der Waals surface area contributed by atoms with E-state index in [4.69, 9.17) is 16.4 Å². The van der Waals surface area contributed by atoms with Crippen molar-refractivity contribution in [3.8, 4) is 0 Å². The van der Waals surface area contributed by atoms with E-state index in [1.807, 2.05) is 18.2 Å². The second-order valence-corrected chi connectivity index (χ2v) is 6.16. The van der Waals surface area contributed by atoms with Crippen LogP contribution in [0.2, 0.25) is 5.02 Å². The van der Waals surface area contributed by atoms with E-state index in [9.17, 15) is 4.79 Å². The third kappa shape index (κ3) is 2.82. The molecule has 0 aliphatic carbocycles. The lowest BCUT2D eigenvalue weighted by Gasteiger charge is -2.26. The molecule has 3 rings (SSSR count). The van der Waals surface area contributed by atoms with Crippen LogP contribution in [0.3, 0.4) is 0 Å². The van der Waals surface area contributed by atoms with Crippen molar-refractivity contribution in [1.82, 2.24) is 9.78 Å². The number of oxime groups is 1. The predicted molar refractivity (Wildman–Crippen MR) is 88.7 cm³/mol. The van der Waals surface area contributed by atoms with Gasteiger partial charge in [-0.1, -0.05) is 35.0 Å². The van der Waals surface area contributed by atoms with Gasteiger partial charge in [-0.2, -0.15) is 5.10 Å². The normalized spacial score (nSPS) is 20.1. The molecule has 6 nitrogen and oxygen atoms in total. The van der Waals surface area contributed by atoms with E-state index in [1.54, 1.807) is 44.2 Å². The van der Waals surface area contributed by atoms with Crippen molar-refractivity contribution in [2.45, 2.75) is 18.9 Å². The van der Waals surface area contributed by atoms with E-state index in [-0.39, 0.29) is 5.91 Å². The van der Waals surface area contributed by atoms with E-state index in [0.29, 0.717) is 22.8 Å². The minimum atomic E-state index is -1.06. The molecule has 0 bridgehead atoms. The molecule has 0 unspecified atom stereocenters. The molecule has 2 heterocycles. The molecule has 120 valence electrons. The Morgan fingerprint density at radius 2 is 2.17 bits per heavy atom. The maximum Gasteiger partial charge on any atom is 0.273 e. The zero-order chi connectivity index (χ0) is 16.6. The van der Waals surface area contributed by atoms with Crippen molar-refractivity contribution in [3.63, 3.8) is 0 Å². The number of aryl methyl sites for hydroxylation is 1. The highest BCUT2D eigenvalue weighted by atomic mass is 35.5. The van der Waals surface area contributed by atoms with E-state index in [2.05, 4.69) is 10.3 Å². The lowest BCUT2D eigenvalue weighted by molar-refractivity contribution is -0.138. The first-order valence-corrected chi connectivity index (χ1v) is 7.55. The lowest BCUT2D eigenvalue weighted by atomic mass is 9.94. The van der Waals surface area contributed by atoms with Crippen LogP contribution in [0.5, 0.6) is 0 Å². The lowest BCUT2D eigenvalue weighted by Crippen LogP contribution is -2.45. The van der Waals surface area contributed by atoms with Gasteiger partial charge in [-0.15, -0.1) is 0 Å². The molecule has 0 radical (unpaired) electrons. The number of carbonyl (C=O) groups excluding carboxylic acids is 1. The van der Waals surface area contributed by atoms with Crippen molar-refractivity contribution in [1.29, 1.82) is 0 Å². The molecule has 1 amide bonds. The Morgan fingerprint density at radius 3 is 2.83 bits per heavy atom. The highest BCUT2D eigenvalue weighted by molar-refractivity contribution is 6.34. The molecular formula is C16H17ClN4O2. The monoisotopic (exact) mass is 332 g/mol. The van der Waals surface area contributed by atoms with Crippen LogP contribution < -0.4 is 4.90 Å².